The summed E-state index contributed by atoms with van der Waals surface area (Å²) in [7, 11) is 0. The van der Waals surface area contributed by atoms with Gasteiger partial charge in [0.1, 0.15) is 6.10 Å². The van der Waals surface area contributed by atoms with E-state index in [1.165, 1.54) is 12.8 Å². The van der Waals surface area contributed by atoms with Crippen LogP contribution in [0.2, 0.25) is 0 Å². The first-order valence-corrected chi connectivity index (χ1v) is 5.02. The first-order chi connectivity index (χ1) is 6.34. The van der Waals surface area contributed by atoms with Gasteiger partial charge in [-0.15, -0.1) is 0 Å². The zero-order valence-electron chi connectivity index (χ0n) is 7.71. The van der Waals surface area contributed by atoms with Gasteiger partial charge in [0, 0.05) is 19.1 Å². The van der Waals surface area contributed by atoms with Crippen LogP contribution < -0.4 is 10.6 Å². The molecule has 1 amide bonds. The highest BCUT2D eigenvalue weighted by Crippen LogP contribution is 2.17. The van der Waals surface area contributed by atoms with Crippen LogP contribution in [0.15, 0.2) is 0 Å². The van der Waals surface area contributed by atoms with Crippen LogP contribution in [0, 0.1) is 0 Å². The van der Waals surface area contributed by atoms with Gasteiger partial charge in [-0.1, -0.05) is 12.8 Å². The third kappa shape index (κ3) is 2.34. The minimum atomic E-state index is -0.238. The fraction of sp³-hybridized carbons (Fsp3) is 0.889. The fourth-order valence-corrected chi connectivity index (χ4v) is 1.77. The fourth-order valence-electron chi connectivity index (χ4n) is 1.77. The molecule has 0 aromatic carbocycles. The number of hydrogen-bond donors (Lipinski definition) is 2. The molecule has 0 aromatic rings. The van der Waals surface area contributed by atoms with E-state index < -0.39 is 0 Å². The van der Waals surface area contributed by atoms with E-state index in [-0.39, 0.29) is 12.2 Å². The Labute approximate surface area is 78.0 Å². The molecule has 1 aliphatic heterocycles. The quantitative estimate of drug-likeness (QED) is 0.661. The summed E-state index contributed by atoms with van der Waals surface area (Å²) in [5.41, 5.74) is 0. The molecule has 2 rings (SSSR count). The second-order valence-corrected chi connectivity index (χ2v) is 3.81. The molecule has 2 fully saturated rings. The van der Waals surface area contributed by atoms with Gasteiger partial charge in [-0.3, -0.25) is 0 Å². The maximum absolute atomic E-state index is 11.2. The van der Waals surface area contributed by atoms with E-state index in [4.69, 9.17) is 4.74 Å². The lowest BCUT2D eigenvalue weighted by Crippen LogP contribution is -2.51. The van der Waals surface area contributed by atoms with E-state index in [9.17, 15) is 4.79 Å². The summed E-state index contributed by atoms with van der Waals surface area (Å²) in [6, 6.07) is 0.362. The van der Waals surface area contributed by atoms with E-state index in [2.05, 4.69) is 10.6 Å². The Bertz CT molecular complexity index is 186. The summed E-state index contributed by atoms with van der Waals surface area (Å²) in [5, 5.41) is 5.94. The zero-order chi connectivity index (χ0) is 9.10. The molecule has 0 unspecified atom stereocenters. The second-order valence-electron chi connectivity index (χ2n) is 3.81. The summed E-state index contributed by atoms with van der Waals surface area (Å²) in [6.07, 6.45) is 4.54. The third-order valence-electron chi connectivity index (χ3n) is 2.69. The van der Waals surface area contributed by atoms with Gasteiger partial charge in [-0.25, -0.2) is 4.79 Å². The third-order valence-corrected chi connectivity index (χ3v) is 2.69. The molecular weight excluding hydrogens is 168 g/mol. The minimum Gasteiger partial charge on any atom is -0.444 e. The van der Waals surface area contributed by atoms with Gasteiger partial charge in [0.2, 0.25) is 0 Å². The van der Waals surface area contributed by atoms with Crippen molar-refractivity contribution in [3.05, 3.63) is 0 Å². The molecule has 74 valence electrons. The molecular formula is C9H16N2O2. The van der Waals surface area contributed by atoms with Crippen molar-refractivity contribution < 1.29 is 9.53 Å². The van der Waals surface area contributed by atoms with Crippen LogP contribution in [-0.4, -0.2) is 31.3 Å². The summed E-state index contributed by atoms with van der Waals surface area (Å²) in [4.78, 5) is 11.2. The normalized spacial score (nSPS) is 24.0. The molecule has 2 N–H and O–H groups in total. The maximum Gasteiger partial charge on any atom is 0.407 e. The van der Waals surface area contributed by atoms with E-state index in [1.807, 2.05) is 0 Å². The standard InChI is InChI=1S/C9H16N2O2/c12-9(13-8-5-10-6-8)11-7-3-1-2-4-7/h7-8,10H,1-6H2,(H,11,12). The van der Waals surface area contributed by atoms with Gasteiger partial charge >= 0.3 is 6.09 Å². The predicted molar refractivity (Wildman–Crippen MR) is 48.5 cm³/mol. The lowest BCUT2D eigenvalue weighted by Gasteiger charge is -2.27. The molecule has 1 saturated carbocycles. The summed E-state index contributed by atoms with van der Waals surface area (Å²) in [5.74, 6) is 0. The Hall–Kier alpha value is -0.770. The highest BCUT2D eigenvalue weighted by Gasteiger charge is 2.23. The molecule has 2 aliphatic rings. The number of alkyl carbamates (subject to hydrolysis) is 1. The van der Waals surface area contributed by atoms with Crippen molar-refractivity contribution in [1.29, 1.82) is 0 Å². The number of amides is 1. The van der Waals surface area contributed by atoms with Crippen molar-refractivity contribution in [2.45, 2.75) is 37.8 Å². The molecule has 1 heterocycles. The molecule has 0 radical (unpaired) electrons. The van der Waals surface area contributed by atoms with Crippen molar-refractivity contribution in [2.24, 2.45) is 0 Å². The molecule has 1 aliphatic carbocycles. The van der Waals surface area contributed by atoms with E-state index in [0.29, 0.717) is 6.04 Å². The van der Waals surface area contributed by atoms with Gasteiger partial charge in [0.25, 0.3) is 0 Å². The van der Waals surface area contributed by atoms with Crippen molar-refractivity contribution in [3.63, 3.8) is 0 Å². The van der Waals surface area contributed by atoms with Crippen LogP contribution >= 0.6 is 0 Å². The van der Waals surface area contributed by atoms with Gasteiger partial charge in [-0.05, 0) is 12.8 Å². The number of nitrogens with one attached hydrogen (secondary N) is 2. The van der Waals surface area contributed by atoms with Gasteiger partial charge in [0.05, 0.1) is 0 Å². The maximum atomic E-state index is 11.2. The topological polar surface area (TPSA) is 50.4 Å². The number of carbonyl (C=O) groups excluding carboxylic acids is 1. The highest BCUT2D eigenvalue weighted by molar-refractivity contribution is 5.68. The molecule has 13 heavy (non-hydrogen) atoms. The first-order valence-electron chi connectivity index (χ1n) is 5.02. The Kier molecular flexibility index (Phi) is 2.68. The van der Waals surface area contributed by atoms with Crippen LogP contribution in [0.1, 0.15) is 25.7 Å². The lowest BCUT2D eigenvalue weighted by atomic mass is 10.2. The van der Waals surface area contributed by atoms with Crippen LogP contribution in [0.4, 0.5) is 4.79 Å². The van der Waals surface area contributed by atoms with E-state index in [0.717, 1.165) is 25.9 Å². The van der Waals surface area contributed by atoms with Crippen LogP contribution in [0.5, 0.6) is 0 Å². The largest absolute Gasteiger partial charge is 0.444 e. The number of ether oxygens (including phenoxy) is 1. The Balaban J connectivity index is 1.64. The van der Waals surface area contributed by atoms with Crippen LogP contribution in [0.25, 0.3) is 0 Å². The summed E-state index contributed by atoms with van der Waals surface area (Å²) < 4.78 is 5.14. The molecule has 0 bridgehead atoms. The highest BCUT2D eigenvalue weighted by atomic mass is 16.6. The second kappa shape index (κ2) is 3.96. The predicted octanol–water partition coefficient (Wildman–Crippen LogP) is 0.627. The average Bonchev–Trinajstić information content (AvgIpc) is 2.49. The first kappa shape index (κ1) is 8.81. The van der Waals surface area contributed by atoms with Gasteiger partial charge in [0.15, 0.2) is 0 Å². The van der Waals surface area contributed by atoms with Crippen molar-refractivity contribution in [3.8, 4) is 0 Å². The average molecular weight is 184 g/mol. The minimum absolute atomic E-state index is 0.0985. The zero-order valence-corrected chi connectivity index (χ0v) is 7.71. The van der Waals surface area contributed by atoms with Gasteiger partial charge in [-0.2, -0.15) is 0 Å². The Morgan fingerprint density at radius 3 is 2.54 bits per heavy atom. The molecule has 0 aromatic heterocycles. The summed E-state index contributed by atoms with van der Waals surface area (Å²) >= 11 is 0. The Morgan fingerprint density at radius 1 is 1.31 bits per heavy atom. The van der Waals surface area contributed by atoms with Crippen molar-refractivity contribution in [2.75, 3.05) is 13.1 Å². The van der Waals surface area contributed by atoms with Crippen molar-refractivity contribution >= 4 is 6.09 Å². The summed E-state index contributed by atoms with van der Waals surface area (Å²) in [6.45, 7) is 1.61. The monoisotopic (exact) mass is 184 g/mol. The number of hydrogen-bond acceptors (Lipinski definition) is 3. The molecule has 0 spiro atoms. The van der Waals surface area contributed by atoms with Crippen molar-refractivity contribution in [1.82, 2.24) is 10.6 Å². The van der Waals surface area contributed by atoms with Crippen LogP contribution in [0.3, 0.4) is 0 Å². The van der Waals surface area contributed by atoms with E-state index >= 15 is 0 Å². The molecule has 1 saturated heterocycles. The smallest absolute Gasteiger partial charge is 0.407 e. The molecule has 4 nitrogen and oxygen atoms in total. The van der Waals surface area contributed by atoms with Crippen LogP contribution in [-0.2, 0) is 4.74 Å². The SMILES string of the molecule is O=C(NC1CCCC1)OC1CNC1. The molecule has 0 atom stereocenters. The van der Waals surface area contributed by atoms with E-state index in [1.54, 1.807) is 0 Å². The Morgan fingerprint density at radius 2 is 2.00 bits per heavy atom. The number of carbonyl (C=O) groups is 1. The lowest BCUT2D eigenvalue weighted by molar-refractivity contribution is 0.0649. The number of rotatable bonds is 2. The van der Waals surface area contributed by atoms with Gasteiger partial charge < -0.3 is 15.4 Å². The molecule has 4 heteroatoms.